The fraction of sp³-hybridized carbons (Fsp3) is 0.478. The summed E-state index contributed by atoms with van der Waals surface area (Å²) >= 11 is 0. The van der Waals surface area contributed by atoms with Gasteiger partial charge in [-0.3, -0.25) is 4.98 Å². The van der Waals surface area contributed by atoms with Gasteiger partial charge in [-0.05, 0) is 49.7 Å². The highest BCUT2D eigenvalue weighted by Crippen LogP contribution is 2.45. The number of carboxylic acids is 1. The highest BCUT2D eigenvalue weighted by molar-refractivity contribution is 5.98. The molecule has 0 aliphatic heterocycles. The van der Waals surface area contributed by atoms with Crippen molar-refractivity contribution in [2.24, 2.45) is 0 Å². The second kappa shape index (κ2) is 6.86. The van der Waals surface area contributed by atoms with Gasteiger partial charge in [-0.15, -0.1) is 0 Å². The third-order valence-corrected chi connectivity index (χ3v) is 6.28. The van der Waals surface area contributed by atoms with E-state index in [4.69, 9.17) is 4.98 Å². The first kappa shape index (κ1) is 17.3. The van der Waals surface area contributed by atoms with Crippen LogP contribution in [0.1, 0.15) is 79.2 Å². The van der Waals surface area contributed by atoms with Crippen LogP contribution in [0.4, 0.5) is 0 Å². The van der Waals surface area contributed by atoms with Crippen LogP contribution in [-0.2, 0) is 18.3 Å². The number of benzene rings is 1. The van der Waals surface area contributed by atoms with Gasteiger partial charge in [0, 0.05) is 16.7 Å². The standard InChI is InChI=1S/C23H27NO2/c1-23(14-8-9-15-23)21-20(22(25)26)19(16-10-4-2-5-11-16)17-12-6-3-7-13-18(17)24-21/h2,4-5,10-11H,3,6-9,12-15H2,1H3,(H,25,26). The van der Waals surface area contributed by atoms with E-state index in [1.54, 1.807) is 0 Å². The summed E-state index contributed by atoms with van der Waals surface area (Å²) in [5.41, 5.74) is 5.47. The normalized spacial score (nSPS) is 19.0. The topological polar surface area (TPSA) is 50.2 Å². The van der Waals surface area contributed by atoms with Crippen LogP contribution in [0.2, 0.25) is 0 Å². The summed E-state index contributed by atoms with van der Waals surface area (Å²) in [6.45, 7) is 2.21. The molecule has 26 heavy (non-hydrogen) atoms. The second-order valence-electron chi connectivity index (χ2n) is 8.14. The Bertz CT molecular complexity index is 820. The molecule has 0 atom stereocenters. The third-order valence-electron chi connectivity index (χ3n) is 6.28. The molecule has 4 rings (SSSR count). The number of carboxylic acid groups (broad SMARTS) is 1. The molecule has 3 nitrogen and oxygen atoms in total. The van der Waals surface area contributed by atoms with Gasteiger partial charge in [0.2, 0.25) is 0 Å². The van der Waals surface area contributed by atoms with Crippen LogP contribution < -0.4 is 0 Å². The number of pyridine rings is 1. The van der Waals surface area contributed by atoms with Crippen molar-refractivity contribution in [3.63, 3.8) is 0 Å². The Morgan fingerprint density at radius 3 is 2.38 bits per heavy atom. The molecule has 2 aliphatic carbocycles. The van der Waals surface area contributed by atoms with Crippen molar-refractivity contribution < 1.29 is 9.90 Å². The molecule has 0 saturated heterocycles. The van der Waals surface area contributed by atoms with E-state index in [2.05, 4.69) is 6.92 Å². The summed E-state index contributed by atoms with van der Waals surface area (Å²) in [4.78, 5) is 17.5. The van der Waals surface area contributed by atoms with Gasteiger partial charge in [-0.25, -0.2) is 4.79 Å². The van der Waals surface area contributed by atoms with Gasteiger partial charge in [-0.2, -0.15) is 0 Å². The average molecular weight is 349 g/mol. The van der Waals surface area contributed by atoms with E-state index in [1.165, 1.54) is 12.0 Å². The van der Waals surface area contributed by atoms with Crippen LogP contribution in [0.3, 0.4) is 0 Å². The lowest BCUT2D eigenvalue weighted by Gasteiger charge is -2.28. The molecule has 1 N–H and O–H groups in total. The van der Waals surface area contributed by atoms with Crippen molar-refractivity contribution >= 4 is 5.97 Å². The quantitative estimate of drug-likeness (QED) is 0.739. The van der Waals surface area contributed by atoms with Crippen LogP contribution in [0, 0.1) is 0 Å². The first-order valence-corrected chi connectivity index (χ1v) is 9.95. The molecule has 2 aliphatic rings. The Labute approximate surface area is 155 Å². The van der Waals surface area contributed by atoms with Crippen LogP contribution in [0.25, 0.3) is 11.1 Å². The van der Waals surface area contributed by atoms with Crippen molar-refractivity contribution in [1.29, 1.82) is 0 Å². The highest BCUT2D eigenvalue weighted by atomic mass is 16.4. The summed E-state index contributed by atoms with van der Waals surface area (Å²) in [7, 11) is 0. The fourth-order valence-corrected chi connectivity index (χ4v) is 4.88. The van der Waals surface area contributed by atoms with Crippen LogP contribution in [-0.4, -0.2) is 16.1 Å². The minimum Gasteiger partial charge on any atom is -0.478 e. The number of rotatable bonds is 3. The lowest BCUT2D eigenvalue weighted by molar-refractivity contribution is 0.0693. The van der Waals surface area contributed by atoms with Gasteiger partial charge in [-0.1, -0.05) is 56.5 Å². The Morgan fingerprint density at radius 2 is 1.69 bits per heavy atom. The molecular formula is C23H27NO2. The van der Waals surface area contributed by atoms with E-state index in [0.29, 0.717) is 5.56 Å². The number of hydrogen-bond donors (Lipinski definition) is 1. The molecule has 0 amide bonds. The number of nitrogens with zero attached hydrogens (tertiary/aromatic N) is 1. The molecule has 3 heteroatoms. The minimum atomic E-state index is -0.827. The molecule has 1 aromatic heterocycles. The number of aromatic nitrogens is 1. The van der Waals surface area contributed by atoms with E-state index in [-0.39, 0.29) is 5.41 Å². The molecule has 1 saturated carbocycles. The number of aromatic carboxylic acids is 1. The molecule has 0 bridgehead atoms. The monoisotopic (exact) mass is 349 g/mol. The Hall–Kier alpha value is -2.16. The van der Waals surface area contributed by atoms with E-state index < -0.39 is 5.97 Å². The van der Waals surface area contributed by atoms with E-state index in [0.717, 1.165) is 73.9 Å². The maximum absolute atomic E-state index is 12.4. The Balaban J connectivity index is 2.04. The molecule has 136 valence electrons. The molecule has 1 aromatic carbocycles. The van der Waals surface area contributed by atoms with E-state index >= 15 is 0 Å². The van der Waals surface area contributed by atoms with Crippen molar-refractivity contribution in [2.45, 2.75) is 70.1 Å². The molecule has 2 aromatic rings. The molecule has 1 heterocycles. The van der Waals surface area contributed by atoms with Gasteiger partial charge in [0.15, 0.2) is 0 Å². The Morgan fingerprint density at radius 1 is 1.00 bits per heavy atom. The van der Waals surface area contributed by atoms with Gasteiger partial charge in [0.25, 0.3) is 0 Å². The van der Waals surface area contributed by atoms with Crippen LogP contribution in [0.5, 0.6) is 0 Å². The van der Waals surface area contributed by atoms with E-state index in [1.807, 2.05) is 30.3 Å². The summed E-state index contributed by atoms with van der Waals surface area (Å²) in [5.74, 6) is -0.827. The fourth-order valence-electron chi connectivity index (χ4n) is 4.88. The van der Waals surface area contributed by atoms with Crippen molar-refractivity contribution in [2.75, 3.05) is 0 Å². The minimum absolute atomic E-state index is 0.113. The first-order valence-electron chi connectivity index (χ1n) is 9.95. The molecule has 0 spiro atoms. The summed E-state index contributed by atoms with van der Waals surface area (Å²) < 4.78 is 0. The van der Waals surface area contributed by atoms with Gasteiger partial charge in [0.1, 0.15) is 0 Å². The maximum atomic E-state index is 12.4. The van der Waals surface area contributed by atoms with Gasteiger partial charge >= 0.3 is 5.97 Å². The summed E-state index contributed by atoms with van der Waals surface area (Å²) in [6, 6.07) is 10.1. The van der Waals surface area contributed by atoms with Gasteiger partial charge in [0.05, 0.1) is 11.3 Å². The van der Waals surface area contributed by atoms with Gasteiger partial charge < -0.3 is 5.11 Å². The second-order valence-corrected chi connectivity index (χ2v) is 8.14. The SMILES string of the molecule is CC1(c2nc3c(c(-c4ccccc4)c2C(=O)O)CCCCC3)CCCC1. The van der Waals surface area contributed by atoms with Crippen molar-refractivity contribution in [3.8, 4) is 11.1 Å². The third kappa shape index (κ3) is 2.94. The van der Waals surface area contributed by atoms with Crippen molar-refractivity contribution in [1.82, 2.24) is 4.98 Å². The maximum Gasteiger partial charge on any atom is 0.338 e. The Kier molecular flexibility index (Phi) is 4.56. The predicted octanol–water partition coefficient (Wildman–Crippen LogP) is 5.55. The lowest BCUT2D eigenvalue weighted by atomic mass is 9.78. The smallest absolute Gasteiger partial charge is 0.338 e. The molecular weight excluding hydrogens is 322 g/mol. The molecule has 0 radical (unpaired) electrons. The zero-order valence-corrected chi connectivity index (χ0v) is 15.6. The number of fused-ring (bicyclic) bond motifs is 1. The van der Waals surface area contributed by atoms with Crippen molar-refractivity contribution in [3.05, 3.63) is 52.8 Å². The lowest BCUT2D eigenvalue weighted by Crippen LogP contribution is -2.25. The number of aryl methyl sites for hydroxylation is 1. The molecule has 0 unspecified atom stereocenters. The number of hydrogen-bond acceptors (Lipinski definition) is 2. The summed E-state index contributed by atoms with van der Waals surface area (Å²) in [6.07, 6.45) is 9.76. The highest BCUT2D eigenvalue weighted by Gasteiger charge is 2.38. The zero-order valence-electron chi connectivity index (χ0n) is 15.6. The summed E-state index contributed by atoms with van der Waals surface area (Å²) in [5, 5.41) is 10.2. The predicted molar refractivity (Wildman–Crippen MR) is 104 cm³/mol. The van der Waals surface area contributed by atoms with E-state index in [9.17, 15) is 9.90 Å². The largest absolute Gasteiger partial charge is 0.478 e. The zero-order chi connectivity index (χ0) is 18.1. The number of carbonyl (C=O) groups is 1. The first-order chi connectivity index (χ1) is 12.6. The molecule has 1 fully saturated rings. The average Bonchev–Trinajstić information content (AvgIpc) is 2.96. The van der Waals surface area contributed by atoms with Crippen LogP contribution in [0.15, 0.2) is 30.3 Å². The van der Waals surface area contributed by atoms with Crippen LogP contribution >= 0.6 is 0 Å².